The lowest BCUT2D eigenvalue weighted by atomic mass is 10.1. The Morgan fingerprint density at radius 3 is 3.00 bits per heavy atom. The summed E-state index contributed by atoms with van der Waals surface area (Å²) in [5.74, 6) is -0.0520. The average molecular weight is 265 g/mol. The zero-order valence-electron chi connectivity index (χ0n) is 11.3. The van der Waals surface area contributed by atoms with Crippen molar-refractivity contribution in [1.82, 2.24) is 4.90 Å². The van der Waals surface area contributed by atoms with Crippen LogP contribution in [-0.2, 0) is 4.74 Å². The fourth-order valence-electron chi connectivity index (χ4n) is 2.39. The second-order valence-corrected chi connectivity index (χ2v) is 4.99. The van der Waals surface area contributed by atoms with E-state index >= 15 is 0 Å². The molecule has 0 radical (unpaired) electrons. The monoisotopic (exact) mass is 265 g/mol. The van der Waals surface area contributed by atoms with Crippen LogP contribution in [-0.4, -0.2) is 37.1 Å². The molecule has 0 aromatic heterocycles. The Morgan fingerprint density at radius 2 is 2.37 bits per heavy atom. The number of benzene rings is 1. The maximum Gasteiger partial charge on any atom is 0.253 e. The van der Waals surface area contributed by atoms with Crippen molar-refractivity contribution >= 4 is 5.91 Å². The molecule has 1 aliphatic rings. The predicted octanol–water partition coefficient (Wildman–Crippen LogP) is 2.71. The van der Waals surface area contributed by atoms with Gasteiger partial charge in [-0.25, -0.2) is 4.39 Å². The van der Waals surface area contributed by atoms with Gasteiger partial charge in [-0.3, -0.25) is 4.79 Å². The second-order valence-electron chi connectivity index (χ2n) is 4.99. The van der Waals surface area contributed by atoms with Crippen LogP contribution in [0.5, 0.6) is 0 Å². The minimum atomic E-state index is -0.369. The molecule has 2 rings (SSSR count). The van der Waals surface area contributed by atoms with Crippen molar-refractivity contribution < 1.29 is 13.9 Å². The summed E-state index contributed by atoms with van der Waals surface area (Å²) in [6.07, 6.45) is 1.89. The number of nitrogens with zero attached hydrogens (tertiary/aromatic N) is 1. The van der Waals surface area contributed by atoms with E-state index < -0.39 is 0 Å². The highest BCUT2D eigenvalue weighted by molar-refractivity contribution is 5.94. The van der Waals surface area contributed by atoms with Crippen LogP contribution in [0.3, 0.4) is 0 Å². The van der Waals surface area contributed by atoms with Gasteiger partial charge in [0.1, 0.15) is 5.82 Å². The van der Waals surface area contributed by atoms with Gasteiger partial charge in [0, 0.05) is 31.2 Å². The van der Waals surface area contributed by atoms with Crippen LogP contribution >= 0.6 is 0 Å². The number of ether oxygens (including phenoxy) is 1. The summed E-state index contributed by atoms with van der Waals surface area (Å²) in [7, 11) is 0. The van der Waals surface area contributed by atoms with Crippen LogP contribution in [0, 0.1) is 11.7 Å². The number of amides is 1. The minimum absolute atomic E-state index is 0.0896. The van der Waals surface area contributed by atoms with Gasteiger partial charge in [0.25, 0.3) is 5.91 Å². The van der Waals surface area contributed by atoms with Crippen LogP contribution in [0.15, 0.2) is 24.3 Å². The Balaban J connectivity index is 2.06. The van der Waals surface area contributed by atoms with Crippen LogP contribution in [0.2, 0.25) is 0 Å². The quantitative estimate of drug-likeness (QED) is 0.819. The van der Waals surface area contributed by atoms with Crippen molar-refractivity contribution in [3.8, 4) is 0 Å². The van der Waals surface area contributed by atoms with E-state index in [0.29, 0.717) is 24.6 Å². The van der Waals surface area contributed by atoms with Gasteiger partial charge in [0.2, 0.25) is 0 Å². The Labute approximate surface area is 113 Å². The van der Waals surface area contributed by atoms with E-state index in [1.165, 1.54) is 12.1 Å². The summed E-state index contributed by atoms with van der Waals surface area (Å²) in [6.45, 7) is 4.93. The highest BCUT2D eigenvalue weighted by Gasteiger charge is 2.22. The Bertz CT molecular complexity index is 430. The normalized spacial score (nSPS) is 18.5. The van der Waals surface area contributed by atoms with Gasteiger partial charge in [-0.15, -0.1) is 0 Å². The van der Waals surface area contributed by atoms with Crippen molar-refractivity contribution in [3.63, 3.8) is 0 Å². The molecule has 1 atom stereocenters. The summed E-state index contributed by atoms with van der Waals surface area (Å²) in [5, 5.41) is 0. The van der Waals surface area contributed by atoms with Crippen LogP contribution in [0.25, 0.3) is 0 Å². The molecular formula is C15H20FNO2. The third-order valence-electron chi connectivity index (χ3n) is 3.35. The molecule has 1 heterocycles. The molecule has 0 saturated carbocycles. The molecule has 1 amide bonds. The second kappa shape index (κ2) is 6.66. The van der Waals surface area contributed by atoms with Crippen molar-refractivity contribution in [1.29, 1.82) is 0 Å². The smallest absolute Gasteiger partial charge is 0.253 e. The number of hydrogen-bond donors (Lipinski definition) is 0. The Kier molecular flexibility index (Phi) is 4.91. The highest BCUT2D eigenvalue weighted by atomic mass is 19.1. The first kappa shape index (κ1) is 14.0. The van der Waals surface area contributed by atoms with E-state index in [9.17, 15) is 9.18 Å². The van der Waals surface area contributed by atoms with Gasteiger partial charge in [-0.1, -0.05) is 13.0 Å². The molecule has 0 spiro atoms. The van der Waals surface area contributed by atoms with E-state index in [4.69, 9.17) is 4.74 Å². The maximum atomic E-state index is 13.2. The summed E-state index contributed by atoms with van der Waals surface area (Å²) < 4.78 is 18.5. The van der Waals surface area contributed by atoms with Gasteiger partial charge in [0.15, 0.2) is 0 Å². The fourth-order valence-corrected chi connectivity index (χ4v) is 2.39. The van der Waals surface area contributed by atoms with E-state index in [0.717, 1.165) is 26.1 Å². The van der Waals surface area contributed by atoms with Gasteiger partial charge in [-0.2, -0.15) is 0 Å². The molecule has 4 heteroatoms. The first-order valence-corrected chi connectivity index (χ1v) is 6.83. The molecule has 19 heavy (non-hydrogen) atoms. The molecule has 0 bridgehead atoms. The lowest BCUT2D eigenvalue weighted by molar-refractivity contribution is 0.0720. The van der Waals surface area contributed by atoms with E-state index in [1.54, 1.807) is 12.1 Å². The maximum absolute atomic E-state index is 13.2. The Morgan fingerprint density at radius 1 is 1.53 bits per heavy atom. The molecule has 1 aromatic rings. The molecule has 1 aliphatic heterocycles. The summed E-state index contributed by atoms with van der Waals surface area (Å²) >= 11 is 0. The van der Waals surface area contributed by atoms with Gasteiger partial charge >= 0.3 is 0 Å². The molecule has 1 fully saturated rings. The average Bonchev–Trinajstić information content (AvgIpc) is 2.90. The summed E-state index contributed by atoms with van der Waals surface area (Å²) in [5.41, 5.74) is 0.423. The minimum Gasteiger partial charge on any atom is -0.381 e. The van der Waals surface area contributed by atoms with Crippen molar-refractivity contribution in [2.75, 3.05) is 26.3 Å². The number of rotatable bonds is 5. The van der Waals surface area contributed by atoms with Crippen molar-refractivity contribution in [2.24, 2.45) is 5.92 Å². The molecule has 3 nitrogen and oxygen atoms in total. The number of carbonyl (C=O) groups is 1. The molecule has 1 unspecified atom stereocenters. The molecule has 0 aliphatic carbocycles. The van der Waals surface area contributed by atoms with Crippen molar-refractivity contribution in [3.05, 3.63) is 35.6 Å². The topological polar surface area (TPSA) is 29.5 Å². The molecule has 0 N–H and O–H groups in total. The third-order valence-corrected chi connectivity index (χ3v) is 3.35. The molecule has 1 aromatic carbocycles. The Hall–Kier alpha value is -1.42. The highest BCUT2D eigenvalue weighted by Crippen LogP contribution is 2.16. The first-order chi connectivity index (χ1) is 9.20. The predicted molar refractivity (Wildman–Crippen MR) is 71.5 cm³/mol. The van der Waals surface area contributed by atoms with E-state index in [1.807, 2.05) is 11.8 Å². The van der Waals surface area contributed by atoms with Crippen LogP contribution in [0.1, 0.15) is 30.1 Å². The number of hydrogen-bond acceptors (Lipinski definition) is 2. The zero-order valence-corrected chi connectivity index (χ0v) is 11.3. The van der Waals surface area contributed by atoms with Gasteiger partial charge in [0.05, 0.1) is 6.61 Å². The fraction of sp³-hybridized carbons (Fsp3) is 0.533. The van der Waals surface area contributed by atoms with Gasteiger partial charge < -0.3 is 9.64 Å². The molecular weight excluding hydrogens is 245 g/mol. The first-order valence-electron chi connectivity index (χ1n) is 6.83. The summed E-state index contributed by atoms with van der Waals surface area (Å²) in [6, 6.07) is 5.90. The van der Waals surface area contributed by atoms with Crippen LogP contribution in [0.4, 0.5) is 4.39 Å². The zero-order chi connectivity index (χ0) is 13.7. The number of halogens is 1. The standard InChI is InChI=1S/C15H20FNO2/c1-2-7-17(10-12-6-8-19-11-12)15(18)13-4-3-5-14(16)9-13/h3-5,9,12H,2,6-8,10-11H2,1H3. The van der Waals surface area contributed by atoms with Crippen molar-refractivity contribution in [2.45, 2.75) is 19.8 Å². The third kappa shape index (κ3) is 3.77. The SMILES string of the molecule is CCCN(CC1CCOC1)C(=O)c1cccc(F)c1. The largest absolute Gasteiger partial charge is 0.381 e. The van der Waals surface area contributed by atoms with Crippen LogP contribution < -0.4 is 0 Å². The molecule has 1 saturated heterocycles. The van der Waals surface area contributed by atoms with E-state index in [-0.39, 0.29) is 11.7 Å². The lowest BCUT2D eigenvalue weighted by Gasteiger charge is -2.25. The number of carbonyl (C=O) groups excluding carboxylic acids is 1. The lowest BCUT2D eigenvalue weighted by Crippen LogP contribution is -2.36. The summed E-state index contributed by atoms with van der Waals surface area (Å²) in [4.78, 5) is 14.2. The van der Waals surface area contributed by atoms with Gasteiger partial charge in [-0.05, 0) is 31.0 Å². The van der Waals surface area contributed by atoms with E-state index in [2.05, 4.69) is 0 Å². The molecule has 104 valence electrons.